The van der Waals surface area contributed by atoms with Crippen molar-refractivity contribution in [1.82, 2.24) is 4.90 Å². The normalized spacial score (nSPS) is 9.71. The van der Waals surface area contributed by atoms with Crippen molar-refractivity contribution in [1.29, 1.82) is 10.5 Å². The summed E-state index contributed by atoms with van der Waals surface area (Å²) < 4.78 is 1.04. The fourth-order valence-electron chi connectivity index (χ4n) is 1.01. The smallest absolute Gasteiger partial charge is 0.0877 e. The Bertz CT molecular complexity index is 358. The van der Waals surface area contributed by atoms with Crippen LogP contribution in [0.25, 0.3) is 0 Å². The van der Waals surface area contributed by atoms with E-state index in [-0.39, 0.29) is 13.1 Å². The molecule has 0 bridgehead atoms. The van der Waals surface area contributed by atoms with Gasteiger partial charge in [-0.15, -0.1) is 11.3 Å². The molecule has 14 heavy (non-hydrogen) atoms. The molecular weight excluding hydrogens is 262 g/mol. The SMILES string of the molecule is N#CCN(CC#N)Cc1sccc1Br. The lowest BCUT2D eigenvalue weighted by Gasteiger charge is -2.13. The van der Waals surface area contributed by atoms with E-state index in [0.717, 1.165) is 9.35 Å². The van der Waals surface area contributed by atoms with E-state index in [0.29, 0.717) is 6.54 Å². The predicted molar refractivity (Wildman–Crippen MR) is 58.5 cm³/mol. The summed E-state index contributed by atoms with van der Waals surface area (Å²) in [6.45, 7) is 1.23. The van der Waals surface area contributed by atoms with Crippen molar-refractivity contribution in [2.45, 2.75) is 6.54 Å². The molecule has 1 rings (SSSR count). The minimum absolute atomic E-state index is 0.290. The Hall–Kier alpha value is -0.880. The molecule has 0 aromatic carbocycles. The first kappa shape index (κ1) is 11.2. The van der Waals surface area contributed by atoms with Gasteiger partial charge in [0.1, 0.15) is 0 Å². The van der Waals surface area contributed by atoms with Gasteiger partial charge in [-0.2, -0.15) is 10.5 Å². The molecule has 3 nitrogen and oxygen atoms in total. The van der Waals surface area contributed by atoms with Gasteiger partial charge in [-0.3, -0.25) is 4.90 Å². The molecular formula is C9H8BrN3S. The summed E-state index contributed by atoms with van der Waals surface area (Å²) in [5.41, 5.74) is 0. The van der Waals surface area contributed by atoms with Gasteiger partial charge in [0.05, 0.1) is 25.2 Å². The lowest BCUT2D eigenvalue weighted by atomic mass is 10.4. The van der Waals surface area contributed by atoms with Gasteiger partial charge in [0.2, 0.25) is 0 Å². The largest absolute Gasteiger partial charge is 0.272 e. The third kappa shape index (κ3) is 3.12. The molecule has 1 aromatic heterocycles. The first-order valence-corrected chi connectivity index (χ1v) is 5.63. The number of nitrogens with zero attached hydrogens (tertiary/aromatic N) is 3. The van der Waals surface area contributed by atoms with E-state index in [4.69, 9.17) is 10.5 Å². The van der Waals surface area contributed by atoms with Crippen LogP contribution in [0.1, 0.15) is 4.88 Å². The van der Waals surface area contributed by atoms with E-state index >= 15 is 0 Å². The molecule has 0 atom stereocenters. The zero-order valence-corrected chi connectivity index (χ0v) is 9.81. The van der Waals surface area contributed by atoms with Crippen LogP contribution in [-0.4, -0.2) is 18.0 Å². The molecule has 0 radical (unpaired) electrons. The average Bonchev–Trinajstić information content (AvgIpc) is 2.53. The van der Waals surface area contributed by atoms with Crippen molar-refractivity contribution in [2.24, 2.45) is 0 Å². The van der Waals surface area contributed by atoms with Crippen LogP contribution in [0.2, 0.25) is 0 Å². The maximum atomic E-state index is 8.55. The number of nitriles is 2. The average molecular weight is 270 g/mol. The van der Waals surface area contributed by atoms with E-state index < -0.39 is 0 Å². The Morgan fingerprint density at radius 2 is 2.00 bits per heavy atom. The van der Waals surface area contributed by atoms with Crippen molar-refractivity contribution in [3.8, 4) is 12.1 Å². The molecule has 0 N–H and O–H groups in total. The second kappa shape index (κ2) is 5.77. The summed E-state index contributed by atoms with van der Waals surface area (Å²) in [4.78, 5) is 2.95. The lowest BCUT2D eigenvalue weighted by Crippen LogP contribution is -2.23. The highest BCUT2D eigenvalue weighted by atomic mass is 79.9. The molecule has 0 aliphatic carbocycles. The van der Waals surface area contributed by atoms with Crippen molar-refractivity contribution in [2.75, 3.05) is 13.1 Å². The van der Waals surface area contributed by atoms with Crippen LogP contribution in [-0.2, 0) is 6.54 Å². The fraction of sp³-hybridized carbons (Fsp3) is 0.333. The van der Waals surface area contributed by atoms with Crippen LogP contribution >= 0.6 is 27.3 Å². The summed E-state index contributed by atoms with van der Waals surface area (Å²) in [6, 6.07) is 6.07. The highest BCUT2D eigenvalue weighted by Crippen LogP contribution is 2.23. The Balaban J connectivity index is 2.61. The number of rotatable bonds is 4. The van der Waals surface area contributed by atoms with Crippen molar-refractivity contribution < 1.29 is 0 Å². The van der Waals surface area contributed by atoms with Crippen LogP contribution in [0, 0.1) is 22.7 Å². The van der Waals surface area contributed by atoms with Crippen molar-refractivity contribution in [3.05, 3.63) is 20.8 Å². The van der Waals surface area contributed by atoms with Crippen LogP contribution in [0.5, 0.6) is 0 Å². The van der Waals surface area contributed by atoms with Gasteiger partial charge in [-0.05, 0) is 27.4 Å². The van der Waals surface area contributed by atoms with Crippen LogP contribution < -0.4 is 0 Å². The Labute approximate surface area is 95.3 Å². The van der Waals surface area contributed by atoms with Crippen LogP contribution in [0.3, 0.4) is 0 Å². The van der Waals surface area contributed by atoms with Gasteiger partial charge < -0.3 is 0 Å². The zero-order valence-electron chi connectivity index (χ0n) is 7.40. The molecule has 0 aliphatic rings. The van der Waals surface area contributed by atoms with Gasteiger partial charge >= 0.3 is 0 Å². The topological polar surface area (TPSA) is 50.8 Å². The van der Waals surface area contributed by atoms with Crippen LogP contribution in [0.4, 0.5) is 0 Å². The molecule has 0 fully saturated rings. The lowest BCUT2D eigenvalue weighted by molar-refractivity contribution is 0.337. The molecule has 0 aliphatic heterocycles. The van der Waals surface area contributed by atoms with Crippen molar-refractivity contribution >= 4 is 27.3 Å². The van der Waals surface area contributed by atoms with Gasteiger partial charge in [0, 0.05) is 15.9 Å². The minimum atomic E-state index is 0.290. The monoisotopic (exact) mass is 269 g/mol. The zero-order chi connectivity index (χ0) is 10.4. The predicted octanol–water partition coefficient (Wildman–Crippen LogP) is 2.36. The molecule has 72 valence electrons. The molecule has 0 saturated heterocycles. The number of hydrogen-bond donors (Lipinski definition) is 0. The van der Waals surface area contributed by atoms with E-state index in [1.54, 1.807) is 16.2 Å². The van der Waals surface area contributed by atoms with Gasteiger partial charge in [-0.25, -0.2) is 0 Å². The molecule has 0 spiro atoms. The highest BCUT2D eigenvalue weighted by Gasteiger charge is 2.08. The Morgan fingerprint density at radius 3 is 2.43 bits per heavy atom. The standard InChI is InChI=1S/C9H8BrN3S/c10-8-1-6-14-9(8)7-13(4-2-11)5-3-12/h1,6H,4-5,7H2. The number of halogens is 1. The maximum Gasteiger partial charge on any atom is 0.0877 e. The summed E-state index contributed by atoms with van der Waals surface area (Å²) in [5, 5.41) is 19.1. The second-order valence-electron chi connectivity index (χ2n) is 2.65. The quantitative estimate of drug-likeness (QED) is 0.789. The van der Waals surface area contributed by atoms with E-state index in [9.17, 15) is 0 Å². The molecule has 0 saturated carbocycles. The molecule has 1 heterocycles. The van der Waals surface area contributed by atoms with Crippen molar-refractivity contribution in [3.63, 3.8) is 0 Å². The van der Waals surface area contributed by atoms with Crippen LogP contribution in [0.15, 0.2) is 15.9 Å². The number of hydrogen-bond acceptors (Lipinski definition) is 4. The van der Waals surface area contributed by atoms with Gasteiger partial charge in [0.25, 0.3) is 0 Å². The molecule has 1 aromatic rings. The summed E-state index contributed by atoms with van der Waals surface area (Å²) >= 11 is 5.04. The maximum absolute atomic E-state index is 8.55. The third-order valence-electron chi connectivity index (χ3n) is 1.65. The molecule has 0 amide bonds. The summed E-state index contributed by atoms with van der Waals surface area (Å²) in [7, 11) is 0. The van der Waals surface area contributed by atoms with Gasteiger partial charge in [-0.1, -0.05) is 0 Å². The number of thiophene rings is 1. The summed E-state index contributed by atoms with van der Waals surface area (Å²) in [5.74, 6) is 0. The van der Waals surface area contributed by atoms with E-state index in [1.165, 1.54) is 0 Å². The summed E-state index contributed by atoms with van der Waals surface area (Å²) in [6.07, 6.45) is 0. The first-order valence-electron chi connectivity index (χ1n) is 3.96. The van der Waals surface area contributed by atoms with E-state index in [2.05, 4.69) is 15.9 Å². The Morgan fingerprint density at radius 1 is 1.36 bits per heavy atom. The fourth-order valence-corrected chi connectivity index (χ4v) is 2.53. The molecule has 0 unspecified atom stereocenters. The Kier molecular flexibility index (Phi) is 4.61. The molecule has 5 heteroatoms. The van der Waals surface area contributed by atoms with Gasteiger partial charge in [0.15, 0.2) is 0 Å². The van der Waals surface area contributed by atoms with E-state index in [1.807, 2.05) is 23.6 Å². The third-order valence-corrected chi connectivity index (χ3v) is 3.56. The highest BCUT2D eigenvalue weighted by molar-refractivity contribution is 9.10. The minimum Gasteiger partial charge on any atom is -0.272 e. The second-order valence-corrected chi connectivity index (χ2v) is 4.51. The first-order chi connectivity index (χ1) is 6.77.